The third-order valence-electron chi connectivity index (χ3n) is 4.44. The largest absolute Gasteiger partial charge is 0.323 e. The monoisotopic (exact) mass is 457 g/mol. The van der Waals surface area contributed by atoms with Crippen molar-refractivity contribution in [2.75, 3.05) is 4.72 Å². The summed E-state index contributed by atoms with van der Waals surface area (Å²) >= 11 is 7.37. The standard InChI is InChI=1S/C22H16ClF2N3S.C2H6/c1-12-3-5-16(23)20(9-12)29-28-19-8-6-17(24)21(22(19)25)14-4-7-18-15(10-14)11-26-13(2)27-18;1-2/h3-11,28H,1-2H3;1-2H3. The number of benzene rings is 3. The van der Waals surface area contributed by atoms with Gasteiger partial charge >= 0.3 is 0 Å². The van der Waals surface area contributed by atoms with Crippen LogP contribution in [0, 0.1) is 25.5 Å². The Kier molecular flexibility index (Phi) is 7.46. The zero-order valence-corrected chi connectivity index (χ0v) is 19.2. The van der Waals surface area contributed by atoms with Crippen LogP contribution in [0.1, 0.15) is 25.2 Å². The highest BCUT2D eigenvalue weighted by molar-refractivity contribution is 8.00. The number of anilines is 1. The van der Waals surface area contributed by atoms with Gasteiger partial charge in [0.2, 0.25) is 0 Å². The summed E-state index contributed by atoms with van der Waals surface area (Å²) in [6.07, 6.45) is 1.65. The van der Waals surface area contributed by atoms with E-state index in [-0.39, 0.29) is 11.3 Å². The van der Waals surface area contributed by atoms with E-state index in [0.717, 1.165) is 16.0 Å². The Hall–Kier alpha value is -2.70. The number of nitrogens with zero attached hydrogens (tertiary/aromatic N) is 2. The van der Waals surface area contributed by atoms with E-state index in [2.05, 4.69) is 14.7 Å². The van der Waals surface area contributed by atoms with Crippen LogP contribution in [0.5, 0.6) is 0 Å². The Morgan fingerprint density at radius 3 is 2.52 bits per heavy atom. The SMILES string of the molecule is CC.Cc1ccc(Cl)c(SNc2ccc(F)c(-c3ccc4nc(C)ncc4c3)c2F)c1. The minimum atomic E-state index is -0.673. The van der Waals surface area contributed by atoms with Gasteiger partial charge in [0.1, 0.15) is 11.6 Å². The van der Waals surface area contributed by atoms with Crippen LogP contribution >= 0.6 is 23.5 Å². The Balaban J connectivity index is 0.00000132. The molecule has 0 fully saturated rings. The fraction of sp³-hybridized carbons (Fsp3) is 0.167. The smallest absolute Gasteiger partial charge is 0.157 e. The van der Waals surface area contributed by atoms with E-state index in [9.17, 15) is 4.39 Å². The third-order valence-corrected chi connectivity index (χ3v) is 5.76. The molecule has 0 saturated heterocycles. The lowest BCUT2D eigenvalue weighted by atomic mass is 10.0. The highest BCUT2D eigenvalue weighted by Gasteiger charge is 2.17. The molecule has 0 aliphatic carbocycles. The molecule has 0 spiro atoms. The molecular formula is C24H22ClF2N3S. The molecule has 1 N–H and O–H groups in total. The zero-order chi connectivity index (χ0) is 22.5. The minimum Gasteiger partial charge on any atom is -0.323 e. The van der Waals surface area contributed by atoms with Crippen LogP contribution in [0.2, 0.25) is 5.02 Å². The number of fused-ring (bicyclic) bond motifs is 1. The van der Waals surface area contributed by atoms with Crippen LogP contribution in [0.3, 0.4) is 0 Å². The predicted molar refractivity (Wildman–Crippen MR) is 127 cm³/mol. The molecule has 0 amide bonds. The summed E-state index contributed by atoms with van der Waals surface area (Å²) in [6.45, 7) is 7.74. The van der Waals surface area contributed by atoms with E-state index in [4.69, 9.17) is 11.6 Å². The molecule has 31 heavy (non-hydrogen) atoms. The summed E-state index contributed by atoms with van der Waals surface area (Å²) in [6, 6.07) is 13.3. The van der Waals surface area contributed by atoms with Gasteiger partial charge < -0.3 is 4.72 Å². The van der Waals surface area contributed by atoms with Crippen LogP contribution in [0.15, 0.2) is 59.6 Å². The van der Waals surface area contributed by atoms with Gasteiger partial charge in [-0.15, -0.1) is 0 Å². The summed E-state index contributed by atoms with van der Waals surface area (Å²) < 4.78 is 32.7. The maximum Gasteiger partial charge on any atom is 0.157 e. The fourth-order valence-electron chi connectivity index (χ4n) is 2.98. The van der Waals surface area contributed by atoms with Gasteiger partial charge in [0.05, 0.1) is 21.8 Å². The lowest BCUT2D eigenvalue weighted by Gasteiger charge is -2.13. The van der Waals surface area contributed by atoms with Gasteiger partial charge in [0.25, 0.3) is 0 Å². The number of aromatic nitrogens is 2. The average molecular weight is 458 g/mol. The molecule has 0 atom stereocenters. The van der Waals surface area contributed by atoms with Gasteiger partial charge in [-0.1, -0.05) is 37.6 Å². The van der Waals surface area contributed by atoms with Gasteiger partial charge in [0.15, 0.2) is 5.82 Å². The summed E-state index contributed by atoms with van der Waals surface area (Å²) in [4.78, 5) is 9.24. The van der Waals surface area contributed by atoms with Gasteiger partial charge in [0, 0.05) is 16.5 Å². The lowest BCUT2D eigenvalue weighted by Crippen LogP contribution is -1.97. The van der Waals surface area contributed by atoms with E-state index < -0.39 is 11.6 Å². The van der Waals surface area contributed by atoms with E-state index in [1.807, 2.05) is 32.9 Å². The molecular weight excluding hydrogens is 436 g/mol. The van der Waals surface area contributed by atoms with E-state index in [0.29, 0.717) is 21.8 Å². The van der Waals surface area contributed by atoms with Crippen LogP contribution < -0.4 is 4.72 Å². The van der Waals surface area contributed by atoms with Crippen molar-refractivity contribution in [3.63, 3.8) is 0 Å². The number of nitrogens with one attached hydrogen (secondary N) is 1. The number of halogens is 3. The highest BCUT2D eigenvalue weighted by Crippen LogP contribution is 2.35. The van der Waals surface area contributed by atoms with Gasteiger partial charge in [-0.3, -0.25) is 0 Å². The molecule has 0 radical (unpaired) electrons. The molecule has 160 valence electrons. The molecule has 4 aromatic rings. The molecule has 3 aromatic carbocycles. The number of hydrogen-bond acceptors (Lipinski definition) is 4. The summed E-state index contributed by atoms with van der Waals surface area (Å²) in [5.41, 5.74) is 2.24. The Morgan fingerprint density at radius 2 is 1.74 bits per heavy atom. The number of hydrogen-bond donors (Lipinski definition) is 1. The second-order valence-electron chi connectivity index (χ2n) is 6.61. The first-order valence-corrected chi connectivity index (χ1v) is 11.0. The maximum atomic E-state index is 15.2. The van der Waals surface area contributed by atoms with Crippen molar-refractivity contribution >= 4 is 40.1 Å². The van der Waals surface area contributed by atoms with Gasteiger partial charge in [-0.2, -0.15) is 0 Å². The molecule has 1 heterocycles. The molecule has 0 bridgehead atoms. The molecule has 3 nitrogen and oxygen atoms in total. The zero-order valence-electron chi connectivity index (χ0n) is 17.6. The predicted octanol–water partition coefficient (Wildman–Crippen LogP) is 7.99. The maximum absolute atomic E-state index is 15.2. The minimum absolute atomic E-state index is 0.103. The highest BCUT2D eigenvalue weighted by atomic mass is 35.5. The van der Waals surface area contributed by atoms with Crippen LogP contribution in [-0.4, -0.2) is 9.97 Å². The van der Waals surface area contributed by atoms with E-state index >= 15 is 4.39 Å². The van der Waals surface area contributed by atoms with Gasteiger partial charge in [-0.25, -0.2) is 18.7 Å². The van der Waals surface area contributed by atoms with Crippen LogP contribution in [0.25, 0.3) is 22.0 Å². The average Bonchev–Trinajstić information content (AvgIpc) is 2.77. The lowest BCUT2D eigenvalue weighted by molar-refractivity contribution is 0.592. The van der Waals surface area contributed by atoms with Crippen molar-refractivity contribution in [3.05, 3.63) is 82.8 Å². The summed E-state index contributed by atoms with van der Waals surface area (Å²) in [7, 11) is 0. The summed E-state index contributed by atoms with van der Waals surface area (Å²) in [5.74, 6) is -0.673. The topological polar surface area (TPSA) is 37.8 Å². The molecule has 1 aromatic heterocycles. The number of aryl methyl sites for hydroxylation is 2. The first-order chi connectivity index (χ1) is 14.9. The van der Waals surface area contributed by atoms with Crippen LogP contribution in [0.4, 0.5) is 14.5 Å². The molecule has 0 saturated carbocycles. The molecule has 0 unspecified atom stereocenters. The van der Waals surface area contributed by atoms with Crippen LogP contribution in [-0.2, 0) is 0 Å². The number of rotatable bonds is 4. The second kappa shape index (κ2) is 10.1. The van der Waals surface area contributed by atoms with Gasteiger partial charge in [-0.05, 0) is 73.3 Å². The first-order valence-electron chi connectivity index (χ1n) is 9.83. The third kappa shape index (κ3) is 5.14. The fourth-order valence-corrected chi connectivity index (χ4v) is 4.00. The Bertz CT molecular complexity index is 1230. The van der Waals surface area contributed by atoms with Crippen molar-refractivity contribution in [3.8, 4) is 11.1 Å². The summed E-state index contributed by atoms with van der Waals surface area (Å²) in [5, 5.41) is 1.27. The van der Waals surface area contributed by atoms with Crippen molar-refractivity contribution < 1.29 is 8.78 Å². The molecule has 7 heteroatoms. The second-order valence-corrected chi connectivity index (χ2v) is 7.87. The van der Waals surface area contributed by atoms with E-state index in [1.165, 1.54) is 24.1 Å². The van der Waals surface area contributed by atoms with Crippen molar-refractivity contribution in [1.29, 1.82) is 0 Å². The van der Waals surface area contributed by atoms with Crippen molar-refractivity contribution in [1.82, 2.24) is 9.97 Å². The molecule has 0 aliphatic heterocycles. The van der Waals surface area contributed by atoms with E-state index in [1.54, 1.807) is 37.4 Å². The molecule has 4 rings (SSSR count). The quantitative estimate of drug-likeness (QED) is 0.315. The normalized spacial score (nSPS) is 10.5. The molecule has 0 aliphatic rings. The van der Waals surface area contributed by atoms with Crippen molar-refractivity contribution in [2.24, 2.45) is 0 Å². The Labute approximate surface area is 190 Å². The Morgan fingerprint density at radius 1 is 0.968 bits per heavy atom. The first kappa shape index (κ1) is 23.0. The van der Waals surface area contributed by atoms with Crippen molar-refractivity contribution in [2.45, 2.75) is 32.6 Å².